The maximum Gasteiger partial charge on any atom is 0.303 e. The number of rotatable bonds is 10. The molecule has 1 atom stereocenters. The number of oxazole rings is 1. The summed E-state index contributed by atoms with van der Waals surface area (Å²) in [5.74, 6) is 1.43. The van der Waals surface area contributed by atoms with Crippen molar-refractivity contribution in [3.8, 4) is 17.2 Å². The molecule has 0 amide bonds. The molecule has 1 heterocycles. The largest absolute Gasteiger partial charge is 0.493 e. The van der Waals surface area contributed by atoms with Crippen LogP contribution in [0.15, 0.2) is 87.0 Å². The molecular formula is C29H29NO4S. The van der Waals surface area contributed by atoms with Gasteiger partial charge in [0, 0.05) is 27.7 Å². The highest BCUT2D eigenvalue weighted by Crippen LogP contribution is 2.31. The Hall–Kier alpha value is -3.51. The minimum atomic E-state index is -0.789. The molecule has 1 aromatic heterocycles. The quantitative estimate of drug-likeness (QED) is 0.253. The Morgan fingerprint density at radius 3 is 2.43 bits per heavy atom. The first-order valence-electron chi connectivity index (χ1n) is 11.6. The third-order valence-corrected chi connectivity index (χ3v) is 6.82. The summed E-state index contributed by atoms with van der Waals surface area (Å²) in [6, 6.07) is 24.3. The Balaban J connectivity index is 1.38. The Kier molecular flexibility index (Phi) is 7.93. The number of benzene rings is 3. The molecule has 3 aromatic carbocycles. The van der Waals surface area contributed by atoms with Crippen molar-refractivity contribution in [2.24, 2.45) is 0 Å². The molecule has 6 heteroatoms. The molecule has 4 aromatic rings. The smallest absolute Gasteiger partial charge is 0.303 e. The van der Waals surface area contributed by atoms with Gasteiger partial charge in [-0.3, -0.25) is 4.79 Å². The second-order valence-corrected chi connectivity index (χ2v) is 9.74. The van der Waals surface area contributed by atoms with Crippen LogP contribution in [0.1, 0.15) is 41.8 Å². The molecule has 0 unspecified atom stereocenters. The fraction of sp³-hybridized carbons (Fsp3) is 0.241. The number of hydrogen-bond donors (Lipinski definition) is 1. The highest BCUT2D eigenvalue weighted by Gasteiger charge is 2.18. The van der Waals surface area contributed by atoms with Crippen molar-refractivity contribution in [1.29, 1.82) is 0 Å². The van der Waals surface area contributed by atoms with E-state index in [1.807, 2.05) is 62.4 Å². The summed E-state index contributed by atoms with van der Waals surface area (Å²) in [5.41, 5.74) is 3.89. The molecule has 0 saturated carbocycles. The van der Waals surface area contributed by atoms with Crippen LogP contribution in [0, 0.1) is 13.8 Å². The van der Waals surface area contributed by atoms with Gasteiger partial charge in [-0.15, -0.1) is 0 Å². The number of carbonyl (C=O) groups is 1. The molecule has 4 rings (SSSR count). The molecular weight excluding hydrogens is 458 g/mol. The van der Waals surface area contributed by atoms with Crippen LogP contribution in [0.4, 0.5) is 0 Å². The van der Waals surface area contributed by atoms with Gasteiger partial charge in [-0.25, -0.2) is 4.98 Å². The molecule has 0 bridgehead atoms. The van der Waals surface area contributed by atoms with Crippen LogP contribution in [-0.4, -0.2) is 22.7 Å². The minimum absolute atomic E-state index is 0.0485. The van der Waals surface area contributed by atoms with Crippen LogP contribution < -0.4 is 4.74 Å². The monoisotopic (exact) mass is 487 g/mol. The zero-order valence-corrected chi connectivity index (χ0v) is 21.0. The number of nitrogens with zero attached hydrogens (tertiary/aromatic N) is 1. The predicted octanol–water partition coefficient (Wildman–Crippen LogP) is 7.31. The third-order valence-electron chi connectivity index (χ3n) is 5.80. The number of ether oxygens (including phenoxy) is 1. The molecule has 35 heavy (non-hydrogen) atoms. The van der Waals surface area contributed by atoms with Gasteiger partial charge in [0.05, 0.1) is 12.3 Å². The molecule has 0 saturated heterocycles. The van der Waals surface area contributed by atoms with Gasteiger partial charge in [0.25, 0.3) is 0 Å². The third kappa shape index (κ3) is 6.55. The number of carboxylic acids is 1. The number of aryl methyl sites for hydroxylation is 3. The molecule has 0 aliphatic heterocycles. The second-order valence-electron chi connectivity index (χ2n) is 8.59. The maximum absolute atomic E-state index is 10.8. The summed E-state index contributed by atoms with van der Waals surface area (Å²) in [6.45, 7) is 6.45. The van der Waals surface area contributed by atoms with E-state index in [-0.39, 0.29) is 12.3 Å². The molecule has 1 N–H and O–H groups in total. The summed E-state index contributed by atoms with van der Waals surface area (Å²) in [7, 11) is 0. The molecule has 0 aliphatic rings. The molecule has 5 nitrogen and oxygen atoms in total. The lowest BCUT2D eigenvalue weighted by Crippen LogP contribution is -2.09. The van der Waals surface area contributed by atoms with Gasteiger partial charge >= 0.3 is 5.97 Å². The van der Waals surface area contributed by atoms with Crippen molar-refractivity contribution < 1.29 is 19.1 Å². The van der Waals surface area contributed by atoms with E-state index < -0.39 is 5.97 Å². The van der Waals surface area contributed by atoms with Crippen LogP contribution in [0.25, 0.3) is 11.5 Å². The van der Waals surface area contributed by atoms with E-state index in [2.05, 4.69) is 31.2 Å². The Bertz CT molecular complexity index is 1280. The van der Waals surface area contributed by atoms with Crippen LogP contribution in [0.3, 0.4) is 0 Å². The van der Waals surface area contributed by atoms with Gasteiger partial charge in [-0.05, 0) is 79.9 Å². The number of aliphatic carboxylic acids is 1. The topological polar surface area (TPSA) is 72.6 Å². The highest BCUT2D eigenvalue weighted by atomic mass is 32.2. The van der Waals surface area contributed by atoms with E-state index in [9.17, 15) is 4.79 Å². The molecule has 180 valence electrons. The molecule has 0 radical (unpaired) electrons. The number of carboxylic acid groups (broad SMARTS) is 1. The number of aromatic nitrogens is 1. The summed E-state index contributed by atoms with van der Waals surface area (Å²) >= 11 is 1.72. The van der Waals surface area contributed by atoms with Crippen molar-refractivity contribution in [3.63, 3.8) is 0 Å². The van der Waals surface area contributed by atoms with Crippen molar-refractivity contribution in [1.82, 2.24) is 4.98 Å². The number of hydrogen-bond acceptors (Lipinski definition) is 5. The van der Waals surface area contributed by atoms with Gasteiger partial charge < -0.3 is 14.3 Å². The van der Waals surface area contributed by atoms with E-state index >= 15 is 0 Å². The van der Waals surface area contributed by atoms with Crippen LogP contribution >= 0.6 is 11.8 Å². The normalized spacial score (nSPS) is 11.9. The SMILES string of the molecule is Cc1cc(OC[C@H](C)c2nc(-c3ccc(Sc4ccccc4)cc3)oc2C)ccc1CCC(=O)O. The van der Waals surface area contributed by atoms with Gasteiger partial charge in [-0.1, -0.05) is 43.0 Å². The van der Waals surface area contributed by atoms with Gasteiger partial charge in [-0.2, -0.15) is 0 Å². The fourth-order valence-electron chi connectivity index (χ4n) is 3.86. The standard InChI is InChI=1S/C29H29NO4S/c1-19-17-24(13-9-22(19)12-16-27(31)32)33-18-20(2)28-21(3)34-29(30-28)23-10-14-26(15-11-23)35-25-7-5-4-6-8-25/h4-11,13-15,17,20H,12,16,18H2,1-3H3,(H,31,32)/t20-/m0/s1. The first-order chi connectivity index (χ1) is 16.9. The lowest BCUT2D eigenvalue weighted by atomic mass is 10.0. The van der Waals surface area contributed by atoms with Gasteiger partial charge in [0.1, 0.15) is 11.5 Å². The lowest BCUT2D eigenvalue weighted by molar-refractivity contribution is -0.136. The van der Waals surface area contributed by atoms with Crippen molar-refractivity contribution in [2.45, 2.75) is 49.3 Å². The molecule has 0 spiro atoms. The zero-order chi connectivity index (χ0) is 24.8. The summed E-state index contributed by atoms with van der Waals surface area (Å²) in [4.78, 5) is 18.0. The highest BCUT2D eigenvalue weighted by molar-refractivity contribution is 7.99. The molecule has 0 fully saturated rings. The maximum atomic E-state index is 10.8. The van der Waals surface area contributed by atoms with Crippen molar-refractivity contribution in [2.75, 3.05) is 6.61 Å². The van der Waals surface area contributed by atoms with Gasteiger partial charge in [0.2, 0.25) is 5.89 Å². The summed E-state index contributed by atoms with van der Waals surface area (Å²) in [5, 5.41) is 8.90. The predicted molar refractivity (Wildman–Crippen MR) is 138 cm³/mol. The lowest BCUT2D eigenvalue weighted by Gasteiger charge is -2.13. The zero-order valence-electron chi connectivity index (χ0n) is 20.2. The average molecular weight is 488 g/mol. The minimum Gasteiger partial charge on any atom is -0.493 e. The van der Waals surface area contributed by atoms with E-state index in [0.29, 0.717) is 18.9 Å². The first kappa shape index (κ1) is 24.6. The Morgan fingerprint density at radius 2 is 1.74 bits per heavy atom. The Labute approximate surface area is 210 Å². The van der Waals surface area contributed by atoms with Crippen molar-refractivity contribution >= 4 is 17.7 Å². The van der Waals surface area contributed by atoms with Crippen LogP contribution in [0.5, 0.6) is 5.75 Å². The summed E-state index contributed by atoms with van der Waals surface area (Å²) in [6.07, 6.45) is 0.644. The van der Waals surface area contributed by atoms with Crippen LogP contribution in [-0.2, 0) is 11.2 Å². The van der Waals surface area contributed by atoms with E-state index in [1.54, 1.807) is 11.8 Å². The molecule has 0 aliphatic carbocycles. The first-order valence-corrected chi connectivity index (χ1v) is 12.5. The van der Waals surface area contributed by atoms with Crippen LogP contribution in [0.2, 0.25) is 0 Å². The Morgan fingerprint density at radius 1 is 1.03 bits per heavy atom. The second kappa shape index (κ2) is 11.3. The summed E-state index contributed by atoms with van der Waals surface area (Å²) < 4.78 is 12.0. The van der Waals surface area contributed by atoms with E-state index in [1.165, 1.54) is 4.90 Å². The van der Waals surface area contributed by atoms with Crippen molar-refractivity contribution in [3.05, 3.63) is 95.4 Å². The van der Waals surface area contributed by atoms with E-state index in [4.69, 9.17) is 19.2 Å². The van der Waals surface area contributed by atoms with E-state index in [0.717, 1.165) is 38.8 Å². The average Bonchev–Trinajstić information content (AvgIpc) is 3.24. The fourth-order valence-corrected chi connectivity index (χ4v) is 4.70. The van der Waals surface area contributed by atoms with Gasteiger partial charge in [0.15, 0.2) is 0 Å².